The zero-order valence-corrected chi connectivity index (χ0v) is 12.6. The van der Waals surface area contributed by atoms with E-state index in [1.165, 1.54) is 0 Å². The molecule has 1 aromatic rings. The quantitative estimate of drug-likeness (QED) is 0.629. The number of hydroxylamine groups is 3. The largest absolute Gasteiger partial charge is 0.715 e. The van der Waals surface area contributed by atoms with Gasteiger partial charge in [0.15, 0.2) is 5.54 Å². The van der Waals surface area contributed by atoms with Gasteiger partial charge < -0.3 is 9.94 Å². The number of ether oxygens (including phenoxy) is 1. The minimum absolute atomic E-state index is 0.255. The maximum Gasteiger partial charge on any atom is 0.289 e. The van der Waals surface area contributed by atoms with E-state index in [2.05, 4.69) is 0 Å². The molecule has 109 valence electrons. The number of nitrogens with zero attached hydrogens (tertiary/aromatic N) is 2. The summed E-state index contributed by atoms with van der Waals surface area (Å²) >= 11 is 0. The van der Waals surface area contributed by atoms with Crippen LogP contribution in [0.15, 0.2) is 24.3 Å². The van der Waals surface area contributed by atoms with Crippen molar-refractivity contribution >= 4 is 5.84 Å². The molecule has 2 rings (SSSR count). The highest BCUT2D eigenvalue weighted by Gasteiger charge is 2.59. The van der Waals surface area contributed by atoms with Gasteiger partial charge in [0.05, 0.1) is 13.5 Å². The molecule has 0 aromatic heterocycles. The van der Waals surface area contributed by atoms with Crippen LogP contribution in [0.3, 0.4) is 0 Å². The lowest BCUT2D eigenvalue weighted by Gasteiger charge is -2.32. The Morgan fingerprint density at radius 2 is 1.75 bits per heavy atom. The Morgan fingerprint density at radius 3 is 2.15 bits per heavy atom. The van der Waals surface area contributed by atoms with E-state index in [1.807, 2.05) is 24.3 Å². The van der Waals surface area contributed by atoms with Gasteiger partial charge in [-0.15, -0.1) is 0 Å². The molecule has 0 bridgehead atoms. The van der Waals surface area contributed by atoms with Gasteiger partial charge >= 0.3 is 0 Å². The molecule has 1 radical (unpaired) electrons. The number of hydrogen-bond acceptors (Lipinski definition) is 3. The van der Waals surface area contributed by atoms with Crippen molar-refractivity contribution in [2.75, 3.05) is 7.11 Å². The van der Waals surface area contributed by atoms with E-state index in [-0.39, 0.29) is 5.84 Å². The summed E-state index contributed by atoms with van der Waals surface area (Å²) in [6.07, 6.45) is 0.323. The highest BCUT2D eigenvalue weighted by Crippen LogP contribution is 2.36. The molecule has 0 aliphatic carbocycles. The third kappa shape index (κ3) is 2.02. The van der Waals surface area contributed by atoms with E-state index in [1.54, 1.807) is 34.8 Å². The molecule has 1 aromatic carbocycles. The summed E-state index contributed by atoms with van der Waals surface area (Å²) in [5.41, 5.74) is -0.594. The molecule has 0 saturated heterocycles. The average molecular weight is 277 g/mol. The Morgan fingerprint density at radius 1 is 1.20 bits per heavy atom. The van der Waals surface area contributed by atoms with Crippen LogP contribution in [0.1, 0.15) is 33.3 Å². The summed E-state index contributed by atoms with van der Waals surface area (Å²) in [5, 5.41) is 25.6. The van der Waals surface area contributed by atoms with Crippen molar-refractivity contribution in [3.63, 3.8) is 0 Å². The van der Waals surface area contributed by atoms with Crippen molar-refractivity contribution in [1.29, 1.82) is 0 Å². The second-order valence-corrected chi connectivity index (χ2v) is 6.15. The van der Waals surface area contributed by atoms with Crippen molar-refractivity contribution in [2.45, 2.75) is 45.2 Å². The number of amidine groups is 1. The van der Waals surface area contributed by atoms with Gasteiger partial charge in [0.25, 0.3) is 5.84 Å². The van der Waals surface area contributed by atoms with Crippen LogP contribution in [0.5, 0.6) is 5.75 Å². The van der Waals surface area contributed by atoms with Crippen LogP contribution in [0, 0.1) is 5.21 Å². The summed E-state index contributed by atoms with van der Waals surface area (Å²) in [7, 11) is 1.60. The maximum absolute atomic E-state index is 12.4. The molecule has 1 heterocycles. The zero-order chi connectivity index (χ0) is 15.1. The van der Waals surface area contributed by atoms with Gasteiger partial charge in [-0.05, 0) is 45.4 Å². The molecular formula is C15H21N2O3. The highest BCUT2D eigenvalue weighted by molar-refractivity contribution is 5.81. The predicted octanol–water partition coefficient (Wildman–Crippen LogP) is 2.36. The molecule has 5 nitrogen and oxygen atoms in total. The van der Waals surface area contributed by atoms with Gasteiger partial charge in [-0.2, -0.15) is 0 Å². The number of hydrogen-bond donors (Lipinski definition) is 0. The monoisotopic (exact) mass is 277 g/mol. The Balaban J connectivity index is 2.30. The highest BCUT2D eigenvalue weighted by atomic mass is 16.5. The predicted molar refractivity (Wildman–Crippen MR) is 76.0 cm³/mol. The van der Waals surface area contributed by atoms with Crippen LogP contribution in [-0.4, -0.2) is 33.8 Å². The molecule has 5 heteroatoms. The number of benzene rings is 1. The first-order valence-electron chi connectivity index (χ1n) is 6.65. The normalized spacial score (nSPS) is 20.4. The van der Waals surface area contributed by atoms with Crippen LogP contribution >= 0.6 is 0 Å². The van der Waals surface area contributed by atoms with Crippen molar-refractivity contribution in [1.82, 2.24) is 5.06 Å². The minimum atomic E-state index is -0.753. The van der Waals surface area contributed by atoms with Crippen LogP contribution < -0.4 is 4.74 Å². The van der Waals surface area contributed by atoms with E-state index < -0.39 is 11.1 Å². The summed E-state index contributed by atoms with van der Waals surface area (Å²) in [6.45, 7) is 7.19. The molecule has 0 spiro atoms. The average Bonchev–Trinajstić information content (AvgIpc) is 2.52. The molecule has 0 fully saturated rings. The minimum Gasteiger partial charge on any atom is -0.715 e. The van der Waals surface area contributed by atoms with Crippen LogP contribution in [0.4, 0.5) is 0 Å². The summed E-state index contributed by atoms with van der Waals surface area (Å²) in [4.78, 5) is 0. The van der Waals surface area contributed by atoms with E-state index in [0.29, 0.717) is 6.42 Å². The first kappa shape index (κ1) is 14.7. The molecule has 0 saturated carbocycles. The Kier molecular flexibility index (Phi) is 3.42. The first-order chi connectivity index (χ1) is 9.21. The standard InChI is InChI=1S/C15H21N2O3/c1-14(2)15(3,4)17(19)13(16(14)18)10-11-6-8-12(20-5)9-7-11/h6-9H,10H2,1-5H3. The van der Waals surface area contributed by atoms with Crippen molar-refractivity contribution < 1.29 is 14.7 Å². The fourth-order valence-corrected chi connectivity index (χ4v) is 2.29. The molecule has 0 N–H and O–H groups in total. The molecular weight excluding hydrogens is 256 g/mol. The van der Waals surface area contributed by atoms with Gasteiger partial charge in [0.1, 0.15) is 11.3 Å². The second-order valence-electron chi connectivity index (χ2n) is 6.15. The van der Waals surface area contributed by atoms with Crippen LogP contribution in [0.25, 0.3) is 0 Å². The van der Waals surface area contributed by atoms with Crippen molar-refractivity contribution in [3.05, 3.63) is 35.0 Å². The molecule has 0 unspecified atom stereocenters. The molecule has 0 amide bonds. The lowest BCUT2D eigenvalue weighted by Crippen LogP contribution is -2.53. The molecule has 1 aliphatic rings. The van der Waals surface area contributed by atoms with E-state index >= 15 is 0 Å². The van der Waals surface area contributed by atoms with E-state index in [0.717, 1.165) is 21.1 Å². The van der Waals surface area contributed by atoms with Crippen LogP contribution in [0.2, 0.25) is 0 Å². The van der Waals surface area contributed by atoms with Gasteiger partial charge in [-0.3, -0.25) is 4.74 Å². The third-order valence-electron chi connectivity index (χ3n) is 4.50. The lowest BCUT2D eigenvalue weighted by molar-refractivity contribution is -0.540. The zero-order valence-electron chi connectivity index (χ0n) is 12.6. The van der Waals surface area contributed by atoms with Crippen molar-refractivity contribution in [2.24, 2.45) is 0 Å². The van der Waals surface area contributed by atoms with Gasteiger partial charge in [0, 0.05) is 5.21 Å². The Labute approximate surface area is 119 Å². The summed E-state index contributed by atoms with van der Waals surface area (Å²) in [6, 6.07) is 7.38. The second kappa shape index (κ2) is 4.66. The van der Waals surface area contributed by atoms with Crippen LogP contribution in [-0.2, 0) is 11.6 Å². The third-order valence-corrected chi connectivity index (χ3v) is 4.50. The Hall–Kier alpha value is -1.75. The Bertz CT molecular complexity index is 533. The van der Waals surface area contributed by atoms with E-state index in [4.69, 9.17) is 4.74 Å². The SMILES string of the molecule is COc1ccc(CC2=[N+]([O-])C(C)(C)C(C)(C)N2[O])cc1. The fraction of sp³-hybridized carbons (Fsp3) is 0.533. The van der Waals surface area contributed by atoms with Gasteiger partial charge in [0.2, 0.25) is 0 Å². The smallest absolute Gasteiger partial charge is 0.289 e. The maximum atomic E-state index is 12.4. The van der Waals surface area contributed by atoms with Gasteiger partial charge in [-0.1, -0.05) is 17.2 Å². The first-order valence-corrected chi connectivity index (χ1v) is 6.65. The lowest BCUT2D eigenvalue weighted by atomic mass is 9.84. The number of methoxy groups -OCH3 is 1. The molecule has 1 aliphatic heterocycles. The topological polar surface area (TPSA) is 58.4 Å². The molecule has 0 atom stereocenters. The summed E-state index contributed by atoms with van der Waals surface area (Å²) < 4.78 is 5.95. The van der Waals surface area contributed by atoms with E-state index in [9.17, 15) is 10.4 Å². The summed E-state index contributed by atoms with van der Waals surface area (Å²) in [5.74, 6) is 1.01. The fourth-order valence-electron chi connectivity index (χ4n) is 2.29. The number of rotatable bonds is 3. The van der Waals surface area contributed by atoms with Crippen molar-refractivity contribution in [3.8, 4) is 5.75 Å². The van der Waals surface area contributed by atoms with Gasteiger partial charge in [-0.25, -0.2) is 0 Å². The molecule has 20 heavy (non-hydrogen) atoms.